The largest absolute Gasteiger partial charge is 0.484 e. The maximum absolute atomic E-state index is 12.0. The van der Waals surface area contributed by atoms with Gasteiger partial charge >= 0.3 is 0 Å². The minimum absolute atomic E-state index is 0.00455. The van der Waals surface area contributed by atoms with Gasteiger partial charge in [0.05, 0.1) is 17.6 Å². The van der Waals surface area contributed by atoms with Crippen molar-refractivity contribution in [2.45, 2.75) is 19.9 Å². The van der Waals surface area contributed by atoms with Crippen LogP contribution in [0.4, 0.5) is 0 Å². The fourth-order valence-corrected chi connectivity index (χ4v) is 2.55. The Morgan fingerprint density at radius 1 is 1.17 bits per heavy atom. The number of hydrogen-bond acceptors (Lipinski definition) is 3. The first kappa shape index (κ1) is 16.1. The molecule has 1 amide bonds. The molecule has 3 aromatic rings. The summed E-state index contributed by atoms with van der Waals surface area (Å²) in [5.74, 6) is 1.35. The van der Waals surface area contributed by atoms with Crippen LogP contribution in [-0.4, -0.2) is 22.1 Å². The van der Waals surface area contributed by atoms with Crippen LogP contribution in [0.5, 0.6) is 5.75 Å². The summed E-state index contributed by atoms with van der Waals surface area (Å²) < 4.78 is 7.49. The number of aromatic nitrogens is 2. The highest BCUT2D eigenvalue weighted by Crippen LogP contribution is 2.14. The van der Waals surface area contributed by atoms with E-state index >= 15 is 0 Å². The highest BCUT2D eigenvalue weighted by atomic mass is 16.5. The normalized spacial score (nSPS) is 10.8. The minimum Gasteiger partial charge on any atom is -0.484 e. The molecule has 0 aliphatic rings. The molecule has 0 unspecified atom stereocenters. The maximum Gasteiger partial charge on any atom is 0.258 e. The van der Waals surface area contributed by atoms with Crippen LogP contribution >= 0.6 is 0 Å². The van der Waals surface area contributed by atoms with Crippen molar-refractivity contribution in [1.29, 1.82) is 0 Å². The van der Waals surface area contributed by atoms with Crippen LogP contribution in [0.2, 0.25) is 0 Å². The summed E-state index contributed by atoms with van der Waals surface area (Å²) in [6.07, 6.45) is 0.985. The number of fused-ring (bicyclic) bond motifs is 1. The van der Waals surface area contributed by atoms with Crippen molar-refractivity contribution >= 4 is 16.9 Å². The predicted molar refractivity (Wildman–Crippen MR) is 93.9 cm³/mol. The summed E-state index contributed by atoms with van der Waals surface area (Å²) in [4.78, 5) is 16.5. The number of amides is 1. The van der Waals surface area contributed by atoms with Gasteiger partial charge in [-0.2, -0.15) is 0 Å². The quantitative estimate of drug-likeness (QED) is 0.759. The second-order valence-electron chi connectivity index (χ2n) is 5.64. The van der Waals surface area contributed by atoms with Crippen LogP contribution in [0.15, 0.2) is 48.5 Å². The maximum atomic E-state index is 12.0. The van der Waals surface area contributed by atoms with Gasteiger partial charge in [-0.05, 0) is 36.2 Å². The molecule has 5 heteroatoms. The van der Waals surface area contributed by atoms with E-state index in [1.165, 1.54) is 5.56 Å². The summed E-state index contributed by atoms with van der Waals surface area (Å²) in [7, 11) is 1.95. The molecule has 124 valence electrons. The number of nitrogens with one attached hydrogen (secondary N) is 1. The van der Waals surface area contributed by atoms with Crippen LogP contribution in [0.1, 0.15) is 18.3 Å². The number of nitrogens with zero attached hydrogens (tertiary/aromatic N) is 2. The Bertz CT molecular complexity index is 837. The number of rotatable bonds is 6. The molecule has 1 N–H and O–H groups in total. The van der Waals surface area contributed by atoms with Crippen molar-refractivity contribution in [3.8, 4) is 5.75 Å². The summed E-state index contributed by atoms with van der Waals surface area (Å²) in [6.45, 7) is 2.47. The Labute approximate surface area is 141 Å². The van der Waals surface area contributed by atoms with Crippen LogP contribution in [0, 0.1) is 0 Å². The number of ether oxygens (including phenoxy) is 1. The molecule has 0 fully saturated rings. The molecule has 24 heavy (non-hydrogen) atoms. The molecule has 0 radical (unpaired) electrons. The molecule has 5 nitrogen and oxygen atoms in total. The summed E-state index contributed by atoms with van der Waals surface area (Å²) >= 11 is 0. The third-order valence-corrected chi connectivity index (χ3v) is 4.02. The van der Waals surface area contributed by atoms with E-state index in [9.17, 15) is 4.79 Å². The molecule has 1 heterocycles. The Morgan fingerprint density at radius 3 is 2.62 bits per heavy atom. The Morgan fingerprint density at radius 2 is 1.92 bits per heavy atom. The molecule has 0 spiro atoms. The highest BCUT2D eigenvalue weighted by molar-refractivity contribution is 5.78. The first-order valence-electron chi connectivity index (χ1n) is 8.06. The average molecular weight is 323 g/mol. The first-order valence-corrected chi connectivity index (χ1v) is 8.06. The number of aryl methyl sites for hydroxylation is 2. The minimum atomic E-state index is -0.165. The Kier molecular flexibility index (Phi) is 4.79. The van der Waals surface area contributed by atoms with E-state index in [1.807, 2.05) is 60.1 Å². The van der Waals surface area contributed by atoms with Crippen LogP contribution in [-0.2, 0) is 24.8 Å². The van der Waals surface area contributed by atoms with E-state index in [0.29, 0.717) is 12.3 Å². The van der Waals surface area contributed by atoms with Gasteiger partial charge in [0.2, 0.25) is 0 Å². The number of hydrogen-bond donors (Lipinski definition) is 1. The van der Waals surface area contributed by atoms with Crippen molar-refractivity contribution in [2.75, 3.05) is 6.61 Å². The first-order chi connectivity index (χ1) is 11.7. The van der Waals surface area contributed by atoms with E-state index in [4.69, 9.17) is 4.74 Å². The summed E-state index contributed by atoms with van der Waals surface area (Å²) in [6, 6.07) is 15.7. The van der Waals surface area contributed by atoms with Crippen LogP contribution in [0.25, 0.3) is 11.0 Å². The van der Waals surface area contributed by atoms with E-state index in [-0.39, 0.29) is 12.5 Å². The SMILES string of the molecule is CCc1ccc(OCC(=O)NCc2nc3ccccc3n2C)cc1. The second-order valence-corrected chi connectivity index (χ2v) is 5.64. The molecular weight excluding hydrogens is 302 g/mol. The third kappa shape index (κ3) is 3.56. The molecule has 0 atom stereocenters. The molecule has 0 bridgehead atoms. The van der Waals surface area contributed by atoms with E-state index in [2.05, 4.69) is 17.2 Å². The zero-order valence-corrected chi connectivity index (χ0v) is 14.0. The van der Waals surface area contributed by atoms with Gasteiger partial charge < -0.3 is 14.6 Å². The van der Waals surface area contributed by atoms with Crippen LogP contribution in [0.3, 0.4) is 0 Å². The number of imidazole rings is 1. The Hall–Kier alpha value is -2.82. The lowest BCUT2D eigenvalue weighted by Gasteiger charge is -2.08. The number of para-hydroxylation sites is 2. The average Bonchev–Trinajstić information content (AvgIpc) is 2.95. The van der Waals surface area contributed by atoms with Gasteiger partial charge in [0.25, 0.3) is 5.91 Å². The molecule has 3 rings (SSSR count). The van der Waals surface area contributed by atoms with Crippen molar-refractivity contribution in [1.82, 2.24) is 14.9 Å². The smallest absolute Gasteiger partial charge is 0.258 e. The lowest BCUT2D eigenvalue weighted by molar-refractivity contribution is -0.123. The topological polar surface area (TPSA) is 56.1 Å². The van der Waals surface area contributed by atoms with Crippen molar-refractivity contribution in [3.63, 3.8) is 0 Å². The lowest BCUT2D eigenvalue weighted by atomic mass is 10.2. The standard InChI is InChI=1S/C19H21N3O2/c1-3-14-8-10-15(11-9-14)24-13-19(23)20-12-18-21-16-6-4-5-7-17(16)22(18)2/h4-11H,3,12-13H2,1-2H3,(H,20,23). The van der Waals surface area contributed by atoms with E-state index in [0.717, 1.165) is 23.3 Å². The van der Waals surface area contributed by atoms with Crippen LogP contribution < -0.4 is 10.1 Å². The van der Waals surface area contributed by atoms with Gasteiger partial charge in [-0.3, -0.25) is 4.79 Å². The zero-order chi connectivity index (χ0) is 16.9. The second kappa shape index (κ2) is 7.17. The molecule has 0 aliphatic heterocycles. The van der Waals surface area contributed by atoms with Crippen molar-refractivity contribution in [2.24, 2.45) is 7.05 Å². The van der Waals surface area contributed by atoms with Crippen molar-refractivity contribution < 1.29 is 9.53 Å². The van der Waals surface area contributed by atoms with Crippen molar-refractivity contribution in [3.05, 3.63) is 59.9 Å². The fraction of sp³-hybridized carbons (Fsp3) is 0.263. The monoisotopic (exact) mass is 323 g/mol. The molecular formula is C19H21N3O2. The molecule has 1 aromatic heterocycles. The summed E-state index contributed by atoms with van der Waals surface area (Å²) in [5, 5.41) is 2.85. The van der Waals surface area contributed by atoms with E-state index < -0.39 is 0 Å². The molecule has 2 aromatic carbocycles. The molecule has 0 saturated carbocycles. The fourth-order valence-electron chi connectivity index (χ4n) is 2.55. The van der Waals surface area contributed by atoms with E-state index in [1.54, 1.807) is 0 Å². The summed E-state index contributed by atoms with van der Waals surface area (Å²) in [5.41, 5.74) is 3.22. The van der Waals surface area contributed by atoms with Gasteiger partial charge in [-0.1, -0.05) is 31.2 Å². The lowest BCUT2D eigenvalue weighted by Crippen LogP contribution is -2.29. The van der Waals surface area contributed by atoms with Gasteiger partial charge in [0, 0.05) is 7.05 Å². The molecule has 0 saturated heterocycles. The number of benzene rings is 2. The third-order valence-electron chi connectivity index (χ3n) is 4.02. The van der Waals surface area contributed by atoms with Gasteiger partial charge in [0.15, 0.2) is 6.61 Å². The number of carbonyl (C=O) groups is 1. The van der Waals surface area contributed by atoms with Gasteiger partial charge in [-0.25, -0.2) is 4.98 Å². The van der Waals surface area contributed by atoms with Gasteiger partial charge in [-0.15, -0.1) is 0 Å². The zero-order valence-electron chi connectivity index (χ0n) is 14.0. The Balaban J connectivity index is 1.53. The molecule has 0 aliphatic carbocycles. The highest BCUT2D eigenvalue weighted by Gasteiger charge is 2.09. The van der Waals surface area contributed by atoms with Gasteiger partial charge in [0.1, 0.15) is 11.6 Å². The number of carbonyl (C=O) groups excluding carboxylic acids is 1. The predicted octanol–water partition coefficient (Wildman–Crippen LogP) is 2.83.